The zero-order valence-electron chi connectivity index (χ0n) is 6.74. The third-order valence-electron chi connectivity index (χ3n) is 1.67. The van der Waals surface area contributed by atoms with Crippen molar-refractivity contribution in [1.82, 2.24) is 9.97 Å². The highest BCUT2D eigenvalue weighted by Crippen LogP contribution is 2.19. The van der Waals surface area contributed by atoms with Gasteiger partial charge in [-0.05, 0) is 23.8 Å². The van der Waals surface area contributed by atoms with E-state index in [1.54, 1.807) is 12.4 Å². The fraction of sp³-hybridized carbons (Fsp3) is 0. The molecule has 2 aromatic rings. The third kappa shape index (κ3) is 1.92. The number of hydrogen-bond acceptors (Lipinski definition) is 2. The van der Waals surface area contributed by atoms with Crippen molar-refractivity contribution in [2.45, 2.75) is 0 Å². The number of benzene rings is 1. The van der Waals surface area contributed by atoms with Crippen molar-refractivity contribution in [1.29, 1.82) is 0 Å². The highest BCUT2D eigenvalue weighted by Gasteiger charge is 1.96. The summed E-state index contributed by atoms with van der Waals surface area (Å²) in [4.78, 5) is 7.89. The lowest BCUT2D eigenvalue weighted by Gasteiger charge is -1.98. The van der Waals surface area contributed by atoms with Crippen molar-refractivity contribution in [2.24, 2.45) is 0 Å². The van der Waals surface area contributed by atoms with Gasteiger partial charge < -0.3 is 0 Å². The molecule has 0 amide bonds. The van der Waals surface area contributed by atoms with Gasteiger partial charge in [-0.3, -0.25) is 0 Å². The smallest absolute Gasteiger partial charge is 0.115 e. The highest BCUT2D eigenvalue weighted by atomic mass is 79.9. The maximum absolute atomic E-state index is 3.95. The molecule has 63 valence electrons. The summed E-state index contributed by atoms with van der Waals surface area (Å²) in [5, 5.41) is 0. The van der Waals surface area contributed by atoms with Gasteiger partial charge in [0.2, 0.25) is 0 Å². The Morgan fingerprint density at radius 3 is 2.46 bits per heavy atom. The summed E-state index contributed by atoms with van der Waals surface area (Å²) in [6, 6.07) is 8.91. The summed E-state index contributed by atoms with van der Waals surface area (Å²) in [6.45, 7) is 0. The van der Waals surface area contributed by atoms with Crippen LogP contribution in [0.1, 0.15) is 0 Å². The van der Waals surface area contributed by atoms with E-state index in [1.807, 2.05) is 18.2 Å². The molecule has 3 heteroatoms. The Balaban J connectivity index is 2.42. The van der Waals surface area contributed by atoms with Crippen molar-refractivity contribution in [2.75, 3.05) is 0 Å². The number of aromatic nitrogens is 2. The second kappa shape index (κ2) is 3.66. The van der Waals surface area contributed by atoms with Gasteiger partial charge in [-0.2, -0.15) is 0 Å². The van der Waals surface area contributed by atoms with E-state index < -0.39 is 0 Å². The van der Waals surface area contributed by atoms with Gasteiger partial charge in [0.15, 0.2) is 0 Å². The fourth-order valence-corrected chi connectivity index (χ4v) is 1.28. The van der Waals surface area contributed by atoms with Crippen LogP contribution in [0.3, 0.4) is 0 Å². The monoisotopic (exact) mass is 233 g/mol. The molecule has 2 rings (SSSR count). The standard InChI is InChI=1S/C10H6BrN2/c11-10-3-1-8(2-4-10)9-5-12-7-13-6-9/h1-3,5-7H. The molecule has 2 nitrogen and oxygen atoms in total. The minimum Gasteiger partial charge on any atom is -0.244 e. The molecule has 0 unspecified atom stereocenters. The van der Waals surface area contributed by atoms with Crippen molar-refractivity contribution in [3.63, 3.8) is 0 Å². The Bertz CT molecular complexity index is 383. The van der Waals surface area contributed by atoms with E-state index in [0.29, 0.717) is 0 Å². The van der Waals surface area contributed by atoms with Gasteiger partial charge >= 0.3 is 0 Å². The molecule has 1 aromatic heterocycles. The molecule has 1 aromatic carbocycles. The lowest BCUT2D eigenvalue weighted by molar-refractivity contribution is 1.17. The number of nitrogens with zero attached hydrogens (tertiary/aromatic N) is 2. The molecule has 0 atom stereocenters. The van der Waals surface area contributed by atoms with E-state index in [1.165, 1.54) is 6.33 Å². The van der Waals surface area contributed by atoms with Crippen LogP contribution in [0.5, 0.6) is 0 Å². The molecule has 0 aliphatic carbocycles. The Hall–Kier alpha value is -1.22. The van der Waals surface area contributed by atoms with Crippen LogP contribution in [-0.2, 0) is 0 Å². The Morgan fingerprint density at radius 1 is 1.08 bits per heavy atom. The first-order valence-electron chi connectivity index (χ1n) is 3.79. The van der Waals surface area contributed by atoms with Crippen LogP contribution in [-0.4, -0.2) is 9.97 Å². The molecule has 1 heterocycles. The molecule has 0 saturated carbocycles. The number of rotatable bonds is 1. The van der Waals surface area contributed by atoms with Gasteiger partial charge in [0.25, 0.3) is 0 Å². The van der Waals surface area contributed by atoms with E-state index in [0.717, 1.165) is 15.6 Å². The van der Waals surface area contributed by atoms with E-state index in [4.69, 9.17) is 0 Å². The molecule has 0 fully saturated rings. The minimum absolute atomic E-state index is 0.952. The average molecular weight is 234 g/mol. The molecule has 0 aliphatic rings. The summed E-state index contributed by atoms with van der Waals surface area (Å²) in [6.07, 6.45) is 5.08. The Morgan fingerprint density at radius 2 is 1.85 bits per heavy atom. The molecule has 0 N–H and O–H groups in total. The predicted molar refractivity (Wildman–Crippen MR) is 54.0 cm³/mol. The summed E-state index contributed by atoms with van der Waals surface area (Å²) in [7, 11) is 0. The maximum atomic E-state index is 3.95. The first-order valence-corrected chi connectivity index (χ1v) is 4.58. The van der Waals surface area contributed by atoms with Crippen LogP contribution in [0.15, 0.2) is 41.4 Å². The van der Waals surface area contributed by atoms with Crippen LogP contribution >= 0.6 is 15.9 Å². The first kappa shape index (κ1) is 8.38. The largest absolute Gasteiger partial charge is 0.244 e. The zero-order valence-corrected chi connectivity index (χ0v) is 8.32. The van der Waals surface area contributed by atoms with Crippen molar-refractivity contribution >= 4 is 15.9 Å². The van der Waals surface area contributed by atoms with E-state index in [2.05, 4.69) is 32.0 Å². The van der Waals surface area contributed by atoms with E-state index in [9.17, 15) is 0 Å². The summed E-state index contributed by atoms with van der Waals surface area (Å²) in [5.41, 5.74) is 2.08. The summed E-state index contributed by atoms with van der Waals surface area (Å²) in [5.74, 6) is 0. The Kier molecular flexibility index (Phi) is 2.36. The van der Waals surface area contributed by atoms with Gasteiger partial charge in [0, 0.05) is 22.4 Å². The molecule has 0 saturated heterocycles. The van der Waals surface area contributed by atoms with E-state index in [-0.39, 0.29) is 0 Å². The first-order chi connectivity index (χ1) is 6.36. The molecule has 0 aliphatic heterocycles. The van der Waals surface area contributed by atoms with Gasteiger partial charge in [-0.1, -0.05) is 22.0 Å². The van der Waals surface area contributed by atoms with E-state index >= 15 is 0 Å². The number of halogens is 1. The second-order valence-corrected chi connectivity index (χ2v) is 3.41. The molecular formula is C10H6BrN2. The van der Waals surface area contributed by atoms with Crippen LogP contribution in [0.4, 0.5) is 0 Å². The quantitative estimate of drug-likeness (QED) is 0.758. The molecule has 0 spiro atoms. The topological polar surface area (TPSA) is 25.8 Å². The minimum atomic E-state index is 0.952. The fourth-order valence-electron chi connectivity index (χ4n) is 1.03. The Labute approximate surface area is 84.8 Å². The molecular weight excluding hydrogens is 228 g/mol. The maximum Gasteiger partial charge on any atom is 0.115 e. The van der Waals surface area contributed by atoms with Crippen LogP contribution in [0, 0.1) is 6.07 Å². The SMILES string of the molecule is Brc1[c]cc(-c2cncnc2)cc1. The average Bonchev–Trinajstić information content (AvgIpc) is 2.20. The molecule has 1 radical (unpaired) electrons. The lowest BCUT2D eigenvalue weighted by atomic mass is 10.1. The lowest BCUT2D eigenvalue weighted by Crippen LogP contribution is -1.81. The van der Waals surface area contributed by atoms with Crippen molar-refractivity contribution in [3.8, 4) is 11.1 Å². The molecule has 0 bridgehead atoms. The van der Waals surface area contributed by atoms with Gasteiger partial charge in [0.05, 0.1) is 0 Å². The van der Waals surface area contributed by atoms with Crippen LogP contribution < -0.4 is 0 Å². The van der Waals surface area contributed by atoms with Crippen LogP contribution in [0.25, 0.3) is 11.1 Å². The summed E-state index contributed by atoms with van der Waals surface area (Å²) < 4.78 is 0.952. The van der Waals surface area contributed by atoms with Gasteiger partial charge in [-0.15, -0.1) is 0 Å². The highest BCUT2D eigenvalue weighted by molar-refractivity contribution is 9.10. The number of hydrogen-bond donors (Lipinski definition) is 0. The van der Waals surface area contributed by atoms with Crippen molar-refractivity contribution < 1.29 is 0 Å². The van der Waals surface area contributed by atoms with Crippen LogP contribution in [0.2, 0.25) is 0 Å². The predicted octanol–water partition coefficient (Wildman–Crippen LogP) is 2.71. The second-order valence-electron chi connectivity index (χ2n) is 2.55. The zero-order chi connectivity index (χ0) is 9.10. The van der Waals surface area contributed by atoms with Gasteiger partial charge in [-0.25, -0.2) is 9.97 Å². The van der Waals surface area contributed by atoms with Gasteiger partial charge in [0.1, 0.15) is 6.33 Å². The van der Waals surface area contributed by atoms with Crippen molar-refractivity contribution in [3.05, 3.63) is 47.5 Å². The molecule has 13 heavy (non-hydrogen) atoms. The third-order valence-corrected chi connectivity index (χ3v) is 2.16. The normalized spacial score (nSPS) is 9.92. The summed E-state index contributed by atoms with van der Waals surface area (Å²) >= 11 is 3.33.